The van der Waals surface area contributed by atoms with Crippen LogP contribution in [-0.4, -0.2) is 26.3 Å². The normalized spacial score (nSPS) is 10.6. The van der Waals surface area contributed by atoms with Gasteiger partial charge in [0, 0.05) is 25.2 Å². The molecule has 2 rings (SSSR count). The van der Waals surface area contributed by atoms with Gasteiger partial charge in [0.2, 0.25) is 0 Å². The van der Waals surface area contributed by atoms with Crippen molar-refractivity contribution in [3.05, 3.63) is 29.8 Å². The average Bonchev–Trinajstić information content (AvgIpc) is 2.82. The molecule has 2 aromatic rings. The molecule has 18 heavy (non-hydrogen) atoms. The van der Waals surface area contributed by atoms with E-state index in [0.717, 1.165) is 42.4 Å². The second-order valence-corrected chi connectivity index (χ2v) is 4.27. The van der Waals surface area contributed by atoms with Gasteiger partial charge in [-0.15, -0.1) is 0 Å². The third kappa shape index (κ3) is 2.85. The first kappa shape index (κ1) is 12.5. The summed E-state index contributed by atoms with van der Waals surface area (Å²) in [5, 5.41) is 7.58. The molecule has 1 N–H and O–H groups in total. The number of anilines is 1. The molecule has 0 saturated carbocycles. The summed E-state index contributed by atoms with van der Waals surface area (Å²) in [5.41, 5.74) is 1.12. The van der Waals surface area contributed by atoms with Crippen LogP contribution in [0.3, 0.4) is 0 Å². The van der Waals surface area contributed by atoms with Crippen molar-refractivity contribution in [3.63, 3.8) is 0 Å². The smallest absolute Gasteiger partial charge is 0.159 e. The minimum Gasteiger partial charge on any atom is -0.370 e. The molecule has 0 fully saturated rings. The van der Waals surface area contributed by atoms with Crippen molar-refractivity contribution in [2.75, 3.05) is 11.9 Å². The third-order valence-corrected chi connectivity index (χ3v) is 2.58. The van der Waals surface area contributed by atoms with E-state index in [-0.39, 0.29) is 0 Å². The van der Waals surface area contributed by atoms with Crippen LogP contribution >= 0.6 is 0 Å². The van der Waals surface area contributed by atoms with Crippen molar-refractivity contribution in [2.24, 2.45) is 0 Å². The Morgan fingerprint density at radius 2 is 2.11 bits per heavy atom. The highest BCUT2D eigenvalue weighted by Gasteiger charge is 2.05. The first-order chi connectivity index (χ1) is 8.72. The maximum absolute atomic E-state index is 4.49. The predicted molar refractivity (Wildman–Crippen MR) is 72.0 cm³/mol. The lowest BCUT2D eigenvalue weighted by Crippen LogP contribution is -2.08. The predicted octanol–water partition coefficient (Wildman–Crippen LogP) is 2.36. The van der Waals surface area contributed by atoms with Crippen molar-refractivity contribution in [1.82, 2.24) is 19.7 Å². The zero-order chi connectivity index (χ0) is 13.0. The van der Waals surface area contributed by atoms with Crippen LogP contribution in [0.5, 0.6) is 0 Å². The van der Waals surface area contributed by atoms with E-state index < -0.39 is 0 Å². The molecule has 5 heteroatoms. The third-order valence-electron chi connectivity index (χ3n) is 2.58. The maximum atomic E-state index is 4.49. The van der Waals surface area contributed by atoms with Crippen molar-refractivity contribution in [2.45, 2.75) is 33.6 Å². The fourth-order valence-corrected chi connectivity index (χ4v) is 1.64. The molecular weight excluding hydrogens is 226 g/mol. The van der Waals surface area contributed by atoms with Crippen LogP contribution in [0.4, 0.5) is 5.82 Å². The number of rotatable bonds is 5. The van der Waals surface area contributed by atoms with E-state index in [2.05, 4.69) is 34.2 Å². The van der Waals surface area contributed by atoms with Gasteiger partial charge in [-0.25, -0.2) is 14.6 Å². The molecule has 0 spiro atoms. The summed E-state index contributed by atoms with van der Waals surface area (Å²) in [6, 6.07) is 1.93. The summed E-state index contributed by atoms with van der Waals surface area (Å²) in [4.78, 5) is 8.95. The van der Waals surface area contributed by atoms with Gasteiger partial charge in [-0.3, -0.25) is 0 Å². The molecule has 0 unspecified atom stereocenters. The molecule has 0 aromatic carbocycles. The summed E-state index contributed by atoms with van der Waals surface area (Å²) in [5.74, 6) is 2.51. The summed E-state index contributed by atoms with van der Waals surface area (Å²) < 4.78 is 1.79. The zero-order valence-electron chi connectivity index (χ0n) is 11.1. The van der Waals surface area contributed by atoms with Gasteiger partial charge in [0.15, 0.2) is 5.82 Å². The van der Waals surface area contributed by atoms with Gasteiger partial charge in [-0.1, -0.05) is 13.8 Å². The van der Waals surface area contributed by atoms with Gasteiger partial charge in [0.05, 0.1) is 6.20 Å². The summed E-state index contributed by atoms with van der Waals surface area (Å²) in [7, 11) is 0. The van der Waals surface area contributed by atoms with Crippen LogP contribution in [-0.2, 0) is 6.42 Å². The Hall–Kier alpha value is -1.91. The van der Waals surface area contributed by atoms with Gasteiger partial charge in [-0.05, 0) is 18.9 Å². The minimum atomic E-state index is 0.813. The second-order valence-electron chi connectivity index (χ2n) is 4.27. The lowest BCUT2D eigenvalue weighted by molar-refractivity contribution is 0.811. The van der Waals surface area contributed by atoms with E-state index in [0.29, 0.717) is 0 Å². The summed E-state index contributed by atoms with van der Waals surface area (Å²) in [6.07, 6.45) is 5.68. The quantitative estimate of drug-likeness (QED) is 0.878. The van der Waals surface area contributed by atoms with Gasteiger partial charge >= 0.3 is 0 Å². The van der Waals surface area contributed by atoms with Crippen LogP contribution in [0.25, 0.3) is 5.82 Å². The lowest BCUT2D eigenvalue weighted by Gasteiger charge is -2.08. The molecule has 0 saturated heterocycles. The van der Waals surface area contributed by atoms with Crippen LogP contribution in [0.15, 0.2) is 18.5 Å². The molecule has 0 aliphatic carbocycles. The molecule has 0 bridgehead atoms. The van der Waals surface area contributed by atoms with Gasteiger partial charge < -0.3 is 5.32 Å². The minimum absolute atomic E-state index is 0.813. The molecule has 0 aliphatic rings. The molecule has 0 atom stereocenters. The number of nitrogens with zero attached hydrogens (tertiary/aromatic N) is 4. The number of aryl methyl sites for hydroxylation is 2. The summed E-state index contributed by atoms with van der Waals surface area (Å²) in [6.45, 7) is 7.11. The van der Waals surface area contributed by atoms with Gasteiger partial charge in [0.1, 0.15) is 11.6 Å². The Balaban J connectivity index is 2.34. The van der Waals surface area contributed by atoms with E-state index in [1.54, 1.807) is 4.68 Å². The number of nitrogens with one attached hydrogen (secondary N) is 1. The molecule has 2 heterocycles. The Morgan fingerprint density at radius 1 is 1.28 bits per heavy atom. The van der Waals surface area contributed by atoms with E-state index in [1.807, 2.05) is 25.4 Å². The molecule has 2 aromatic heterocycles. The fraction of sp³-hybridized carbons (Fsp3) is 0.462. The largest absolute Gasteiger partial charge is 0.370 e. The molecular formula is C13H19N5. The number of aromatic nitrogens is 4. The van der Waals surface area contributed by atoms with Gasteiger partial charge in [0.25, 0.3) is 0 Å². The molecule has 5 nitrogen and oxygen atoms in total. The van der Waals surface area contributed by atoms with E-state index in [9.17, 15) is 0 Å². The number of hydrogen-bond donors (Lipinski definition) is 1. The lowest BCUT2D eigenvalue weighted by atomic mass is 10.4. The monoisotopic (exact) mass is 245 g/mol. The highest BCUT2D eigenvalue weighted by Crippen LogP contribution is 2.12. The highest BCUT2D eigenvalue weighted by molar-refractivity contribution is 5.41. The Kier molecular flexibility index (Phi) is 3.92. The fourth-order valence-electron chi connectivity index (χ4n) is 1.64. The standard InChI is InChI=1S/C13H19N5/c1-4-6-14-12-7-13(17-11(5-2)16-12)18-9-10(3)8-15-18/h7-9H,4-6H2,1-3H3,(H,14,16,17). The van der Waals surface area contributed by atoms with Gasteiger partial charge in [-0.2, -0.15) is 5.10 Å². The van der Waals surface area contributed by atoms with Crippen molar-refractivity contribution >= 4 is 5.82 Å². The van der Waals surface area contributed by atoms with E-state index in [1.165, 1.54) is 0 Å². The molecule has 0 radical (unpaired) electrons. The molecule has 0 aliphatic heterocycles. The summed E-state index contributed by atoms with van der Waals surface area (Å²) >= 11 is 0. The van der Waals surface area contributed by atoms with Crippen LogP contribution in [0.1, 0.15) is 31.7 Å². The molecule has 0 amide bonds. The van der Waals surface area contributed by atoms with Crippen LogP contribution in [0.2, 0.25) is 0 Å². The maximum Gasteiger partial charge on any atom is 0.159 e. The van der Waals surface area contributed by atoms with E-state index in [4.69, 9.17) is 0 Å². The van der Waals surface area contributed by atoms with Crippen molar-refractivity contribution in [3.8, 4) is 5.82 Å². The van der Waals surface area contributed by atoms with Crippen LogP contribution in [0, 0.1) is 6.92 Å². The topological polar surface area (TPSA) is 55.6 Å². The highest BCUT2D eigenvalue weighted by atomic mass is 15.3. The SMILES string of the molecule is CCCNc1cc(-n2cc(C)cn2)nc(CC)n1. The first-order valence-electron chi connectivity index (χ1n) is 6.36. The van der Waals surface area contributed by atoms with Crippen LogP contribution < -0.4 is 5.32 Å². The zero-order valence-corrected chi connectivity index (χ0v) is 11.1. The van der Waals surface area contributed by atoms with E-state index >= 15 is 0 Å². The Bertz CT molecular complexity index is 518. The first-order valence-corrected chi connectivity index (χ1v) is 6.36. The number of hydrogen-bond acceptors (Lipinski definition) is 4. The van der Waals surface area contributed by atoms with Crippen molar-refractivity contribution < 1.29 is 0 Å². The Labute approximate surface area is 107 Å². The average molecular weight is 245 g/mol. The van der Waals surface area contributed by atoms with Crippen molar-refractivity contribution in [1.29, 1.82) is 0 Å². The Morgan fingerprint density at radius 3 is 2.72 bits per heavy atom. The molecule has 96 valence electrons. The second kappa shape index (κ2) is 5.62.